The maximum atomic E-state index is 11.5. The Kier molecular flexibility index (Phi) is 5.29. The minimum atomic E-state index is -0.563. The second-order valence-corrected chi connectivity index (χ2v) is 3.63. The number of thiocarbonyl (C=S) groups is 1. The lowest BCUT2D eigenvalue weighted by Crippen LogP contribution is -2.32. The molecule has 4 nitrogen and oxygen atoms in total. The summed E-state index contributed by atoms with van der Waals surface area (Å²) in [5.74, 6) is -0.417. The van der Waals surface area contributed by atoms with Crippen LogP contribution < -0.4 is 0 Å². The van der Waals surface area contributed by atoms with Crippen LogP contribution in [-0.4, -0.2) is 35.7 Å². The van der Waals surface area contributed by atoms with Crippen LogP contribution in [0.1, 0.15) is 5.56 Å². The van der Waals surface area contributed by atoms with Gasteiger partial charge in [0.05, 0.1) is 6.54 Å². The highest BCUT2D eigenvalue weighted by atomic mass is 32.1. The van der Waals surface area contributed by atoms with Crippen molar-refractivity contribution in [3.63, 3.8) is 0 Å². The molecule has 0 saturated carbocycles. The lowest BCUT2D eigenvalue weighted by atomic mass is 10.2. The number of amides is 1. The van der Waals surface area contributed by atoms with Crippen molar-refractivity contribution in [3.8, 4) is 0 Å². The number of Topliss-reactive ketones (excluding diaryl/α,β-unsaturated/α-hetero) is 1. The second kappa shape index (κ2) is 6.75. The molecule has 17 heavy (non-hydrogen) atoms. The first kappa shape index (κ1) is 13.3. The number of benzene rings is 1. The van der Waals surface area contributed by atoms with Gasteiger partial charge in [-0.3, -0.25) is 4.79 Å². The summed E-state index contributed by atoms with van der Waals surface area (Å²) >= 11 is 4.34. The fourth-order valence-corrected chi connectivity index (χ4v) is 1.21. The van der Waals surface area contributed by atoms with Gasteiger partial charge < -0.3 is 9.64 Å². The van der Waals surface area contributed by atoms with Gasteiger partial charge >= 0.3 is 6.09 Å². The van der Waals surface area contributed by atoms with Crippen LogP contribution >= 0.6 is 12.2 Å². The number of ketones is 1. The molecule has 1 rings (SSSR count). The number of carbonyl (C=O) groups excluding carboxylic acids is 2. The Labute approximate surface area is 105 Å². The normalized spacial score (nSPS) is 9.47. The highest BCUT2D eigenvalue weighted by Crippen LogP contribution is 2.02. The molecule has 0 spiro atoms. The van der Waals surface area contributed by atoms with Gasteiger partial charge in [0.15, 0.2) is 5.78 Å². The van der Waals surface area contributed by atoms with E-state index in [0.29, 0.717) is 0 Å². The van der Waals surface area contributed by atoms with E-state index < -0.39 is 11.9 Å². The highest BCUT2D eigenvalue weighted by Gasteiger charge is 2.12. The van der Waals surface area contributed by atoms with E-state index in [1.165, 1.54) is 7.05 Å². The fraction of sp³-hybridized carbons (Fsp3) is 0.250. The van der Waals surface area contributed by atoms with Crippen molar-refractivity contribution >= 4 is 29.5 Å². The molecule has 0 aliphatic carbocycles. The van der Waals surface area contributed by atoms with Crippen molar-refractivity contribution in [2.45, 2.75) is 6.61 Å². The van der Waals surface area contributed by atoms with Crippen LogP contribution in [0.5, 0.6) is 0 Å². The van der Waals surface area contributed by atoms with E-state index in [1.807, 2.05) is 35.7 Å². The maximum absolute atomic E-state index is 11.5. The Bertz CT molecular complexity index is 405. The standard InChI is InChI=1S/C12H12NO3S/c1-13(7-11(14)9-17)12(15)16-8-10-5-3-2-4-6-10/h2-6H,7-8H2,1H3. The molecule has 0 N–H and O–H groups in total. The van der Waals surface area contributed by atoms with Crippen LogP contribution in [0.15, 0.2) is 30.3 Å². The summed E-state index contributed by atoms with van der Waals surface area (Å²) in [6.45, 7) is 0.0661. The van der Waals surface area contributed by atoms with Gasteiger partial charge in [0.1, 0.15) is 12.0 Å². The molecule has 0 aliphatic heterocycles. The molecule has 1 radical (unpaired) electrons. The molecule has 89 valence electrons. The third-order valence-electron chi connectivity index (χ3n) is 2.01. The van der Waals surface area contributed by atoms with Crippen molar-refractivity contribution < 1.29 is 14.3 Å². The van der Waals surface area contributed by atoms with Gasteiger partial charge in [-0.1, -0.05) is 42.5 Å². The minimum Gasteiger partial charge on any atom is -0.445 e. The Balaban J connectivity index is 2.39. The number of rotatable bonds is 5. The molecule has 0 bridgehead atoms. The van der Waals surface area contributed by atoms with E-state index in [0.717, 1.165) is 10.5 Å². The molecular weight excluding hydrogens is 238 g/mol. The van der Waals surface area contributed by atoms with E-state index >= 15 is 0 Å². The SMILES string of the molecule is CN(CC(=O)[C]=S)C(=O)OCc1ccccc1. The number of ether oxygens (including phenoxy) is 1. The monoisotopic (exact) mass is 250 g/mol. The van der Waals surface area contributed by atoms with Gasteiger partial charge in [0.25, 0.3) is 0 Å². The zero-order valence-corrected chi connectivity index (χ0v) is 10.2. The average Bonchev–Trinajstić information content (AvgIpc) is 2.36. The molecule has 0 heterocycles. The summed E-state index contributed by atoms with van der Waals surface area (Å²) in [7, 11) is 1.47. The molecule has 0 atom stereocenters. The molecule has 0 aromatic heterocycles. The van der Waals surface area contributed by atoms with E-state index in [2.05, 4.69) is 12.2 Å². The third kappa shape index (κ3) is 4.74. The topological polar surface area (TPSA) is 46.6 Å². The molecular formula is C12H12NO3S. The van der Waals surface area contributed by atoms with Crippen LogP contribution in [0.4, 0.5) is 4.79 Å². The number of nitrogens with zero attached hydrogens (tertiary/aromatic N) is 1. The highest BCUT2D eigenvalue weighted by molar-refractivity contribution is 7.80. The maximum Gasteiger partial charge on any atom is 0.410 e. The first-order chi connectivity index (χ1) is 8.13. The lowest BCUT2D eigenvalue weighted by Gasteiger charge is -2.14. The van der Waals surface area contributed by atoms with Gasteiger partial charge in [-0.15, -0.1) is 0 Å². The first-order valence-corrected chi connectivity index (χ1v) is 5.37. The number of hydrogen-bond acceptors (Lipinski definition) is 4. The van der Waals surface area contributed by atoms with Crippen molar-refractivity contribution in [2.24, 2.45) is 0 Å². The van der Waals surface area contributed by atoms with Crippen molar-refractivity contribution in [1.29, 1.82) is 0 Å². The summed E-state index contributed by atoms with van der Waals surface area (Å²) in [5, 5.41) is 2.02. The predicted octanol–water partition coefficient (Wildman–Crippen LogP) is 1.70. The fourth-order valence-electron chi connectivity index (χ4n) is 1.14. The van der Waals surface area contributed by atoms with Crippen LogP contribution in [0, 0.1) is 0 Å². The Hall–Kier alpha value is -1.75. The van der Waals surface area contributed by atoms with E-state index in [-0.39, 0.29) is 13.2 Å². The van der Waals surface area contributed by atoms with Crippen LogP contribution in [0.2, 0.25) is 0 Å². The summed E-state index contributed by atoms with van der Waals surface area (Å²) < 4.78 is 5.01. The minimum absolute atomic E-state index is 0.114. The lowest BCUT2D eigenvalue weighted by molar-refractivity contribution is -0.113. The smallest absolute Gasteiger partial charge is 0.410 e. The van der Waals surface area contributed by atoms with Gasteiger partial charge in [-0.25, -0.2) is 4.79 Å². The molecule has 1 aromatic rings. The molecule has 1 amide bonds. The summed E-state index contributed by atoms with van der Waals surface area (Å²) in [5.41, 5.74) is 0.891. The number of likely N-dealkylation sites (N-methyl/N-ethyl adjacent to an activating group) is 1. The summed E-state index contributed by atoms with van der Waals surface area (Å²) in [6.07, 6.45) is -0.563. The van der Waals surface area contributed by atoms with Crippen molar-refractivity contribution in [1.82, 2.24) is 4.90 Å². The zero-order chi connectivity index (χ0) is 12.7. The predicted molar refractivity (Wildman–Crippen MR) is 66.9 cm³/mol. The average molecular weight is 250 g/mol. The number of hydrogen-bond donors (Lipinski definition) is 0. The largest absolute Gasteiger partial charge is 0.445 e. The van der Waals surface area contributed by atoms with E-state index in [4.69, 9.17) is 4.74 Å². The van der Waals surface area contributed by atoms with Crippen molar-refractivity contribution in [3.05, 3.63) is 35.9 Å². The zero-order valence-electron chi connectivity index (χ0n) is 9.38. The molecule has 0 unspecified atom stereocenters. The van der Waals surface area contributed by atoms with Crippen LogP contribution in [0.3, 0.4) is 0 Å². The molecule has 5 heteroatoms. The molecule has 0 aliphatic rings. The van der Waals surface area contributed by atoms with Crippen molar-refractivity contribution in [2.75, 3.05) is 13.6 Å². The van der Waals surface area contributed by atoms with E-state index in [9.17, 15) is 9.59 Å². The number of carbonyl (C=O) groups is 2. The van der Waals surface area contributed by atoms with Gasteiger partial charge in [-0.05, 0) is 5.56 Å². The quantitative estimate of drug-likeness (QED) is 0.746. The molecule has 1 aromatic carbocycles. The van der Waals surface area contributed by atoms with Gasteiger partial charge in [0.2, 0.25) is 0 Å². The summed E-state index contributed by atoms with van der Waals surface area (Å²) in [4.78, 5) is 23.6. The van der Waals surface area contributed by atoms with Crippen LogP contribution in [-0.2, 0) is 16.1 Å². The second-order valence-electron chi connectivity index (χ2n) is 3.42. The van der Waals surface area contributed by atoms with Crippen LogP contribution in [0.25, 0.3) is 0 Å². The Morgan fingerprint density at radius 1 is 1.35 bits per heavy atom. The first-order valence-electron chi connectivity index (χ1n) is 4.96. The molecule has 0 saturated heterocycles. The Morgan fingerprint density at radius 2 is 2.00 bits per heavy atom. The van der Waals surface area contributed by atoms with Gasteiger partial charge in [-0.2, -0.15) is 0 Å². The van der Waals surface area contributed by atoms with Gasteiger partial charge in [0, 0.05) is 7.05 Å². The Morgan fingerprint density at radius 3 is 2.59 bits per heavy atom. The molecule has 0 fully saturated rings. The third-order valence-corrected chi connectivity index (χ3v) is 2.24. The van der Waals surface area contributed by atoms with E-state index in [1.54, 1.807) is 0 Å². The summed E-state index contributed by atoms with van der Waals surface area (Å²) in [6, 6.07) is 9.30.